The molecule has 0 unspecified atom stereocenters. The summed E-state index contributed by atoms with van der Waals surface area (Å²) in [5.41, 5.74) is 0.797. The van der Waals surface area contributed by atoms with E-state index in [9.17, 15) is 16.8 Å². The number of aryl methyl sites for hydroxylation is 2. The summed E-state index contributed by atoms with van der Waals surface area (Å²) in [7, 11) is -8.43. The Bertz CT molecular complexity index is 933. The summed E-state index contributed by atoms with van der Waals surface area (Å²) < 4.78 is 59.9. The molecule has 0 spiro atoms. The Balaban J connectivity index is 0.000000442. The molecule has 0 aliphatic rings. The Morgan fingerprint density at radius 2 is 1.03 bits per heavy atom. The maximum absolute atomic E-state index is 10.7. The Kier molecular flexibility index (Phi) is 10.2. The standard InChI is InChI=1S/2C7H8O4S.C3H8O2/c2*1-5-2-3-6(8)4-7(5)12(9,10)11;1-2-3(4)5/h2*2-4,8H,1H3,(H,9,10,11);3-5H,2H2,1H3. The van der Waals surface area contributed by atoms with Crippen LogP contribution in [0, 0.1) is 13.8 Å². The van der Waals surface area contributed by atoms with Crippen LogP contribution in [-0.4, -0.2) is 52.7 Å². The van der Waals surface area contributed by atoms with E-state index in [2.05, 4.69) is 0 Å². The average Bonchev–Trinajstić information content (AvgIpc) is 2.58. The van der Waals surface area contributed by atoms with Crippen LogP contribution in [0.3, 0.4) is 0 Å². The lowest BCUT2D eigenvalue weighted by molar-refractivity contribution is -0.0413. The van der Waals surface area contributed by atoms with Crippen molar-refractivity contribution in [3.63, 3.8) is 0 Å². The van der Waals surface area contributed by atoms with Crippen LogP contribution in [0.5, 0.6) is 11.5 Å². The van der Waals surface area contributed by atoms with E-state index in [0.29, 0.717) is 17.5 Å². The largest absolute Gasteiger partial charge is 0.508 e. The van der Waals surface area contributed by atoms with Crippen LogP contribution in [0.2, 0.25) is 0 Å². The van der Waals surface area contributed by atoms with E-state index in [4.69, 9.17) is 29.5 Å². The third-order valence-corrected chi connectivity index (χ3v) is 5.26. The lowest BCUT2D eigenvalue weighted by atomic mass is 10.2. The van der Waals surface area contributed by atoms with Crippen LogP contribution in [0.15, 0.2) is 46.2 Å². The van der Waals surface area contributed by atoms with Gasteiger partial charge in [0.25, 0.3) is 20.2 Å². The second-order valence-corrected chi connectivity index (χ2v) is 8.52. The minimum Gasteiger partial charge on any atom is -0.508 e. The van der Waals surface area contributed by atoms with Crippen molar-refractivity contribution in [3.8, 4) is 11.5 Å². The maximum atomic E-state index is 10.7. The number of aliphatic hydroxyl groups is 2. The van der Waals surface area contributed by atoms with Gasteiger partial charge in [-0.1, -0.05) is 19.1 Å². The third-order valence-electron chi connectivity index (χ3n) is 3.26. The van der Waals surface area contributed by atoms with Crippen molar-refractivity contribution < 1.29 is 46.4 Å². The zero-order valence-electron chi connectivity index (χ0n) is 15.9. The van der Waals surface area contributed by atoms with Crippen molar-refractivity contribution >= 4 is 20.2 Å². The van der Waals surface area contributed by atoms with Crippen LogP contribution in [0.25, 0.3) is 0 Å². The minimum atomic E-state index is -4.22. The van der Waals surface area contributed by atoms with Crippen molar-refractivity contribution in [1.29, 1.82) is 0 Å². The Hall–Kier alpha value is -2.22. The summed E-state index contributed by atoms with van der Waals surface area (Å²) in [5.74, 6) is -0.374. The zero-order chi connectivity index (χ0) is 23.0. The molecule has 2 aromatic rings. The van der Waals surface area contributed by atoms with Gasteiger partial charge in [-0.25, -0.2) is 0 Å². The molecule has 2 aromatic carbocycles. The number of phenols is 2. The van der Waals surface area contributed by atoms with Gasteiger partial charge in [0, 0.05) is 12.1 Å². The molecule has 12 heteroatoms. The lowest BCUT2D eigenvalue weighted by Gasteiger charge is -2.01. The Morgan fingerprint density at radius 1 is 0.759 bits per heavy atom. The average molecular weight is 453 g/mol. The molecule has 0 atom stereocenters. The van der Waals surface area contributed by atoms with E-state index in [1.807, 2.05) is 0 Å². The van der Waals surface area contributed by atoms with E-state index >= 15 is 0 Å². The summed E-state index contributed by atoms with van der Waals surface area (Å²) in [6.07, 6.45) is -0.699. The molecule has 0 fully saturated rings. The number of hydrogen-bond donors (Lipinski definition) is 6. The fourth-order valence-corrected chi connectivity index (χ4v) is 3.22. The first-order valence-corrected chi connectivity index (χ1v) is 10.9. The highest BCUT2D eigenvalue weighted by Gasteiger charge is 2.13. The molecule has 10 nitrogen and oxygen atoms in total. The second kappa shape index (κ2) is 11.1. The van der Waals surface area contributed by atoms with Crippen LogP contribution in [0.4, 0.5) is 0 Å². The molecule has 29 heavy (non-hydrogen) atoms. The molecule has 0 saturated carbocycles. The fraction of sp³-hybridized carbons (Fsp3) is 0.294. The van der Waals surface area contributed by atoms with Crippen LogP contribution in [0.1, 0.15) is 24.5 Å². The molecule has 0 bridgehead atoms. The topological polar surface area (TPSA) is 190 Å². The van der Waals surface area contributed by atoms with E-state index in [1.54, 1.807) is 6.92 Å². The minimum absolute atomic E-state index is 0.187. The highest BCUT2D eigenvalue weighted by molar-refractivity contribution is 7.86. The van der Waals surface area contributed by atoms with Gasteiger partial charge in [0.15, 0.2) is 6.29 Å². The number of aliphatic hydroxyl groups excluding tert-OH is 1. The van der Waals surface area contributed by atoms with Gasteiger partial charge >= 0.3 is 0 Å². The monoisotopic (exact) mass is 452 g/mol. The van der Waals surface area contributed by atoms with E-state index in [0.717, 1.165) is 12.1 Å². The quantitative estimate of drug-likeness (QED) is 0.294. The first-order chi connectivity index (χ1) is 13.1. The first-order valence-electron chi connectivity index (χ1n) is 8.00. The number of aromatic hydroxyl groups is 2. The van der Waals surface area contributed by atoms with Gasteiger partial charge in [-0.2, -0.15) is 16.8 Å². The van der Waals surface area contributed by atoms with Crippen molar-refractivity contribution in [2.24, 2.45) is 0 Å². The molecule has 0 aliphatic heterocycles. The number of hydrogen-bond acceptors (Lipinski definition) is 8. The highest BCUT2D eigenvalue weighted by atomic mass is 32.2. The molecule has 0 saturated heterocycles. The second-order valence-electron chi connectivity index (χ2n) is 5.74. The molecule has 0 aromatic heterocycles. The van der Waals surface area contributed by atoms with Gasteiger partial charge in [-0.3, -0.25) is 9.11 Å². The predicted octanol–water partition coefficient (Wildman–Crippen LogP) is 1.60. The number of phenolic OH excluding ortho intramolecular Hbond substituents is 2. The van der Waals surface area contributed by atoms with Crippen LogP contribution >= 0.6 is 0 Å². The Morgan fingerprint density at radius 3 is 1.21 bits per heavy atom. The summed E-state index contributed by atoms with van der Waals surface area (Å²) in [6, 6.07) is 7.54. The molecule has 0 radical (unpaired) electrons. The summed E-state index contributed by atoms with van der Waals surface area (Å²) >= 11 is 0. The Labute approximate surface area is 169 Å². The lowest BCUT2D eigenvalue weighted by Crippen LogP contribution is -2.00. The first kappa shape index (κ1) is 26.8. The third kappa shape index (κ3) is 10.2. The maximum Gasteiger partial charge on any atom is 0.294 e. The van der Waals surface area contributed by atoms with Crippen molar-refractivity contribution in [2.45, 2.75) is 43.3 Å². The normalized spacial score (nSPS) is 11.2. The van der Waals surface area contributed by atoms with Gasteiger partial charge < -0.3 is 20.4 Å². The number of rotatable bonds is 3. The zero-order valence-corrected chi connectivity index (χ0v) is 17.5. The molecule has 0 amide bonds. The van der Waals surface area contributed by atoms with E-state index < -0.39 is 26.5 Å². The highest BCUT2D eigenvalue weighted by Crippen LogP contribution is 2.20. The van der Waals surface area contributed by atoms with Gasteiger partial charge in [-0.05, 0) is 43.5 Å². The smallest absolute Gasteiger partial charge is 0.294 e. The molecular weight excluding hydrogens is 428 g/mol. The van der Waals surface area contributed by atoms with Crippen molar-refractivity contribution in [1.82, 2.24) is 0 Å². The van der Waals surface area contributed by atoms with Gasteiger partial charge in [0.2, 0.25) is 0 Å². The van der Waals surface area contributed by atoms with Crippen LogP contribution in [-0.2, 0) is 20.2 Å². The summed E-state index contributed by atoms with van der Waals surface area (Å²) in [4.78, 5) is -0.523. The number of benzene rings is 2. The predicted molar refractivity (Wildman–Crippen MR) is 104 cm³/mol. The van der Waals surface area contributed by atoms with Crippen molar-refractivity contribution in [3.05, 3.63) is 47.5 Å². The van der Waals surface area contributed by atoms with Gasteiger partial charge in [-0.15, -0.1) is 0 Å². The fourth-order valence-electron chi connectivity index (χ4n) is 1.73. The molecule has 0 aliphatic carbocycles. The molecule has 164 valence electrons. The van der Waals surface area contributed by atoms with E-state index in [-0.39, 0.29) is 21.3 Å². The van der Waals surface area contributed by atoms with Crippen molar-refractivity contribution in [2.75, 3.05) is 0 Å². The molecule has 0 heterocycles. The molecule has 2 rings (SSSR count). The van der Waals surface area contributed by atoms with Crippen LogP contribution < -0.4 is 0 Å². The summed E-state index contributed by atoms with van der Waals surface area (Å²) in [6.45, 7) is 4.76. The van der Waals surface area contributed by atoms with Gasteiger partial charge in [0.1, 0.15) is 21.3 Å². The SMILES string of the molecule is CCC(O)O.Cc1ccc(O)cc1S(=O)(=O)O.Cc1ccc(O)cc1S(=O)(=O)O. The van der Waals surface area contributed by atoms with Gasteiger partial charge in [0.05, 0.1) is 0 Å². The van der Waals surface area contributed by atoms with E-state index in [1.165, 1.54) is 38.1 Å². The molecule has 6 N–H and O–H groups in total. The molecular formula is C17H24O10S2. The summed E-state index contributed by atoms with van der Waals surface area (Å²) in [5, 5.41) is 33.7.